The smallest absolute Gasteiger partial charge is 0.324 e. The number of pyridine rings is 1. The molecular formula is C36H40N8O4. The molecule has 0 atom stereocenters. The minimum Gasteiger partial charge on any atom is -0.493 e. The van der Waals surface area contributed by atoms with Gasteiger partial charge in [-0.15, -0.1) is 0 Å². The highest BCUT2D eigenvalue weighted by molar-refractivity contribution is 6.07. The number of carbonyl (C=O) groups is 2. The summed E-state index contributed by atoms with van der Waals surface area (Å²) in [6.07, 6.45) is 3.58. The Morgan fingerprint density at radius 3 is 2.29 bits per heavy atom. The second-order valence-corrected chi connectivity index (χ2v) is 11.8. The van der Waals surface area contributed by atoms with Gasteiger partial charge in [0.05, 0.1) is 23.7 Å². The number of fused-ring (bicyclic) bond motifs is 1. The van der Waals surface area contributed by atoms with Crippen molar-refractivity contribution in [1.82, 2.24) is 20.1 Å². The lowest BCUT2D eigenvalue weighted by molar-refractivity contribution is 0.254. The van der Waals surface area contributed by atoms with Crippen LogP contribution in [0.4, 0.5) is 26.9 Å². The molecular weight excluding hydrogens is 608 g/mol. The third-order valence-electron chi connectivity index (χ3n) is 7.16. The van der Waals surface area contributed by atoms with Crippen LogP contribution in [0, 0.1) is 6.92 Å². The zero-order valence-electron chi connectivity index (χ0n) is 27.9. The molecule has 0 aliphatic heterocycles. The molecule has 2 aromatic heterocycles. The van der Waals surface area contributed by atoms with Crippen LogP contribution in [0.25, 0.3) is 16.5 Å². The molecule has 0 fully saturated rings. The highest BCUT2D eigenvalue weighted by atomic mass is 16.5. The molecule has 5 aromatic rings. The van der Waals surface area contributed by atoms with Gasteiger partial charge in [-0.2, -0.15) is 5.10 Å². The zero-order chi connectivity index (χ0) is 34.7. The van der Waals surface area contributed by atoms with Crippen LogP contribution in [0.3, 0.4) is 0 Å². The molecule has 3 aromatic carbocycles. The first-order chi connectivity index (χ1) is 23.0. The fraction of sp³-hybridized carbons (Fsp3) is 0.250. The number of aryl methyl sites for hydroxylation is 1. The van der Waals surface area contributed by atoms with Crippen molar-refractivity contribution in [1.29, 1.82) is 0 Å². The summed E-state index contributed by atoms with van der Waals surface area (Å²) < 4.78 is 7.93. The first-order valence-corrected chi connectivity index (χ1v) is 15.3. The van der Waals surface area contributed by atoms with Gasteiger partial charge in [0.25, 0.3) is 0 Å². The van der Waals surface area contributed by atoms with Crippen LogP contribution in [-0.4, -0.2) is 53.6 Å². The summed E-state index contributed by atoms with van der Waals surface area (Å²) in [5, 5.41) is 17.7. The summed E-state index contributed by atoms with van der Waals surface area (Å²) in [4.78, 5) is 40.9. The van der Waals surface area contributed by atoms with Crippen molar-refractivity contribution in [3.05, 3.63) is 102 Å². The number of amides is 4. The number of carbonyl (C=O) groups excluding carboxylic acids is 3. The van der Waals surface area contributed by atoms with Crippen LogP contribution in [-0.2, 0) is 16.6 Å². The molecule has 0 aliphatic rings. The number of aromatic nitrogens is 3. The SMILES string of the molecule is CN=C=O.CNC(=O)Nc1cc(CCOc2ccc(NC(=O)Nc3cc(C(C)(C)C)nn3-c3ccc(C)cc3)c3ccccc23)ccn1. The molecule has 0 saturated carbocycles. The Hall–Kier alpha value is -6.00. The quantitative estimate of drug-likeness (QED) is 0.105. The Bertz CT molecular complexity index is 1920. The van der Waals surface area contributed by atoms with Gasteiger partial charge in [-0.25, -0.2) is 29.0 Å². The minimum atomic E-state index is -0.378. The predicted octanol–water partition coefficient (Wildman–Crippen LogP) is 7.00. The van der Waals surface area contributed by atoms with Crippen LogP contribution in [0.2, 0.25) is 0 Å². The average Bonchev–Trinajstić information content (AvgIpc) is 3.50. The summed E-state index contributed by atoms with van der Waals surface area (Å²) in [6, 6.07) is 24.4. The van der Waals surface area contributed by atoms with Gasteiger partial charge < -0.3 is 15.4 Å². The Morgan fingerprint density at radius 2 is 1.62 bits per heavy atom. The van der Waals surface area contributed by atoms with Crippen molar-refractivity contribution in [2.75, 3.05) is 36.7 Å². The summed E-state index contributed by atoms with van der Waals surface area (Å²) in [5.74, 6) is 1.75. The number of anilines is 3. The van der Waals surface area contributed by atoms with E-state index >= 15 is 0 Å². The van der Waals surface area contributed by atoms with E-state index in [4.69, 9.17) is 14.6 Å². The second kappa shape index (κ2) is 16.0. The van der Waals surface area contributed by atoms with Gasteiger partial charge >= 0.3 is 12.1 Å². The highest BCUT2D eigenvalue weighted by Gasteiger charge is 2.22. The molecule has 0 saturated heterocycles. The lowest BCUT2D eigenvalue weighted by Gasteiger charge is -2.14. The molecule has 4 N–H and O–H groups in total. The van der Waals surface area contributed by atoms with E-state index in [1.54, 1.807) is 17.9 Å². The van der Waals surface area contributed by atoms with Gasteiger partial charge in [0.2, 0.25) is 6.08 Å². The molecule has 0 aliphatic carbocycles. The molecule has 48 heavy (non-hydrogen) atoms. The number of nitrogens with one attached hydrogen (secondary N) is 4. The first-order valence-electron chi connectivity index (χ1n) is 15.3. The standard InChI is InChI=1S/C34H37N7O3.C2H3NO/c1-22-10-12-24(13-11-22)41-31(21-29(40-41)34(2,3)4)39-33(43)37-27-14-15-28(26-9-7-6-8-25(26)27)44-19-17-23-16-18-36-30(20-23)38-32(42)35-5;1-3-2-4/h6-16,18,20-21H,17,19H2,1-5H3,(H2,37,39,43)(H2,35,36,38,42);1H3. The molecule has 248 valence electrons. The molecule has 12 nitrogen and oxygen atoms in total. The number of nitrogens with zero attached hydrogens (tertiary/aromatic N) is 4. The maximum Gasteiger partial charge on any atom is 0.324 e. The van der Waals surface area contributed by atoms with Gasteiger partial charge in [-0.05, 0) is 48.9 Å². The topological polar surface area (TPSA) is 152 Å². The number of urea groups is 2. The minimum absolute atomic E-state index is 0.197. The average molecular weight is 649 g/mol. The van der Waals surface area contributed by atoms with Crippen LogP contribution in [0.15, 0.2) is 90.1 Å². The maximum absolute atomic E-state index is 13.3. The third-order valence-corrected chi connectivity index (χ3v) is 7.16. The highest BCUT2D eigenvalue weighted by Crippen LogP contribution is 2.32. The van der Waals surface area contributed by atoms with Crippen LogP contribution in [0.5, 0.6) is 5.75 Å². The van der Waals surface area contributed by atoms with Crippen LogP contribution >= 0.6 is 0 Å². The Labute approximate surface area is 279 Å². The molecule has 2 heterocycles. The largest absolute Gasteiger partial charge is 0.493 e. The lowest BCUT2D eigenvalue weighted by Crippen LogP contribution is -2.25. The van der Waals surface area contributed by atoms with E-state index in [1.165, 1.54) is 13.1 Å². The van der Waals surface area contributed by atoms with Crippen molar-refractivity contribution in [3.8, 4) is 11.4 Å². The summed E-state index contributed by atoms with van der Waals surface area (Å²) in [6.45, 7) is 8.72. The molecule has 0 bridgehead atoms. The van der Waals surface area contributed by atoms with Gasteiger partial charge in [0, 0.05) is 49.0 Å². The summed E-state index contributed by atoms with van der Waals surface area (Å²) in [5.41, 5.74) is 4.30. The van der Waals surface area contributed by atoms with E-state index in [0.29, 0.717) is 36.1 Å². The number of hydrogen-bond acceptors (Lipinski definition) is 7. The van der Waals surface area contributed by atoms with E-state index in [-0.39, 0.29) is 17.5 Å². The van der Waals surface area contributed by atoms with Gasteiger partial charge in [-0.1, -0.05) is 62.7 Å². The van der Waals surface area contributed by atoms with Gasteiger partial charge in [0.15, 0.2) is 0 Å². The lowest BCUT2D eigenvalue weighted by atomic mass is 9.92. The van der Waals surface area contributed by atoms with Crippen molar-refractivity contribution in [3.63, 3.8) is 0 Å². The number of hydrogen-bond donors (Lipinski definition) is 4. The van der Waals surface area contributed by atoms with Crippen LogP contribution < -0.4 is 26.0 Å². The molecule has 5 rings (SSSR count). The van der Waals surface area contributed by atoms with Crippen molar-refractivity contribution >= 4 is 46.2 Å². The van der Waals surface area contributed by atoms with E-state index in [0.717, 1.165) is 33.3 Å². The summed E-state index contributed by atoms with van der Waals surface area (Å²) in [7, 11) is 2.93. The van der Waals surface area contributed by atoms with Gasteiger partial charge in [0.1, 0.15) is 17.4 Å². The summed E-state index contributed by atoms with van der Waals surface area (Å²) >= 11 is 0. The van der Waals surface area contributed by atoms with E-state index < -0.39 is 0 Å². The number of isocyanates is 1. The zero-order valence-corrected chi connectivity index (χ0v) is 27.9. The van der Waals surface area contributed by atoms with Crippen molar-refractivity contribution in [2.24, 2.45) is 4.99 Å². The van der Waals surface area contributed by atoms with E-state index in [2.05, 4.69) is 52.0 Å². The molecule has 4 amide bonds. The second-order valence-electron chi connectivity index (χ2n) is 11.8. The Balaban J connectivity index is 0.00000123. The number of aliphatic imine (C=N–C) groups is 1. The molecule has 12 heteroatoms. The van der Waals surface area contributed by atoms with Gasteiger partial charge in [-0.3, -0.25) is 10.6 Å². The molecule has 0 radical (unpaired) electrons. The normalized spacial score (nSPS) is 10.6. The van der Waals surface area contributed by atoms with Crippen LogP contribution in [0.1, 0.15) is 37.6 Å². The fourth-order valence-electron chi connectivity index (χ4n) is 4.65. The fourth-order valence-corrected chi connectivity index (χ4v) is 4.65. The third kappa shape index (κ3) is 9.27. The number of ether oxygens (including phenoxy) is 1. The predicted molar refractivity (Wildman–Crippen MR) is 189 cm³/mol. The Kier molecular flexibility index (Phi) is 11.6. The van der Waals surface area contributed by atoms with Crippen molar-refractivity contribution in [2.45, 2.75) is 39.5 Å². The number of rotatable bonds is 8. The van der Waals surface area contributed by atoms with Crippen molar-refractivity contribution < 1.29 is 19.1 Å². The number of benzene rings is 3. The van der Waals surface area contributed by atoms with E-state index in [9.17, 15) is 9.59 Å². The first kappa shape index (κ1) is 34.9. The molecule has 0 spiro atoms. The van der Waals surface area contributed by atoms with E-state index in [1.807, 2.05) is 85.8 Å². The molecule has 0 unspecified atom stereocenters. The maximum atomic E-state index is 13.3. The monoisotopic (exact) mass is 648 g/mol. The Morgan fingerprint density at radius 1 is 0.917 bits per heavy atom.